The van der Waals surface area contributed by atoms with Gasteiger partial charge in [-0.2, -0.15) is 0 Å². The third-order valence-electron chi connectivity index (χ3n) is 1.40. The van der Waals surface area contributed by atoms with Gasteiger partial charge in [0.25, 0.3) is 0 Å². The first-order valence-electron chi connectivity index (χ1n) is 4.18. The van der Waals surface area contributed by atoms with Crippen LogP contribution in [0, 0.1) is 38.4 Å². The molecule has 0 aromatic heterocycles. The fraction of sp³-hybridized carbons (Fsp3) is 0.364. The molecule has 14 heavy (non-hydrogen) atoms. The van der Waals surface area contributed by atoms with Crippen LogP contribution in [0.4, 0.5) is 0 Å². The zero-order chi connectivity index (χ0) is 11.0. The Hall–Kier alpha value is -0.753. The highest BCUT2D eigenvalue weighted by molar-refractivity contribution is 6.90. The second-order valence-corrected chi connectivity index (χ2v) is 5.65. The van der Waals surface area contributed by atoms with Gasteiger partial charge in [-0.15, -0.1) is 11.5 Å². The second-order valence-electron chi connectivity index (χ2n) is 2.82. The van der Waals surface area contributed by atoms with Gasteiger partial charge in [-0.1, -0.05) is 0 Å². The van der Waals surface area contributed by atoms with Gasteiger partial charge in [-0.05, 0) is 32.5 Å². The van der Waals surface area contributed by atoms with E-state index in [4.69, 9.17) is 26.9 Å². The van der Waals surface area contributed by atoms with Crippen LogP contribution < -0.4 is 0 Å². The lowest BCUT2D eigenvalue weighted by Gasteiger charge is -2.13. The van der Waals surface area contributed by atoms with Gasteiger partial charge in [-0.3, -0.25) is 4.79 Å². The molecule has 0 aliphatic heterocycles. The van der Waals surface area contributed by atoms with E-state index in [0.29, 0.717) is 12.5 Å². The summed E-state index contributed by atoms with van der Waals surface area (Å²) in [5, 5.41) is 0. The molecular weight excluding hydrogens is 192 g/mol. The van der Waals surface area contributed by atoms with Crippen LogP contribution in [0.5, 0.6) is 0 Å². The van der Waals surface area contributed by atoms with Gasteiger partial charge in [0.15, 0.2) is 0 Å². The molecule has 0 unspecified atom stereocenters. The van der Waals surface area contributed by atoms with E-state index < -0.39 is 14.0 Å². The topological polar surface area (TPSA) is 26.3 Å². The molecule has 0 N–H and O–H groups in total. The second kappa shape index (κ2) is 6.66. The molecular formula is C11H12O2Si. The molecule has 0 bridgehead atoms. The molecule has 0 heterocycles. The summed E-state index contributed by atoms with van der Waals surface area (Å²) in [5.74, 6) is 1.85. The number of hydrogen-bond acceptors (Lipinski definition) is 2. The molecule has 72 valence electrons. The minimum Gasteiger partial charge on any atom is -0.465 e. The zero-order valence-electron chi connectivity index (χ0n) is 7.95. The summed E-state index contributed by atoms with van der Waals surface area (Å²) in [6.07, 6.45) is 0.822. The lowest BCUT2D eigenvalue weighted by molar-refractivity contribution is -0.138. The first-order valence-corrected chi connectivity index (χ1v) is 6.54. The van der Waals surface area contributed by atoms with Crippen LogP contribution in [0.1, 0.15) is 12.8 Å². The molecule has 0 fully saturated rings. The standard InChI is InChI=1S/C11H12O2Si/c1-5-6-9-14(3,4)10-7-8-13-11(2)12/h1-4H,5,7-8,10H2. The molecule has 0 aliphatic rings. The van der Waals surface area contributed by atoms with E-state index in [1.54, 1.807) is 0 Å². The first kappa shape index (κ1) is 13.2. The molecule has 3 heteroatoms. The van der Waals surface area contributed by atoms with Gasteiger partial charge in [0, 0.05) is 6.42 Å². The third kappa shape index (κ3) is 7.87. The van der Waals surface area contributed by atoms with Crippen LogP contribution in [0.15, 0.2) is 0 Å². The van der Waals surface area contributed by atoms with Crippen LogP contribution in [0.3, 0.4) is 0 Å². The SMILES string of the molecule is [CH]CC#C[Si]([CH])([CH])CCCOC([CH])=O. The highest BCUT2D eigenvalue weighted by Crippen LogP contribution is 2.08. The van der Waals surface area contributed by atoms with Gasteiger partial charge in [0.1, 0.15) is 8.07 Å². The minimum atomic E-state index is -2.47. The van der Waals surface area contributed by atoms with Gasteiger partial charge in [0.05, 0.1) is 13.5 Å². The summed E-state index contributed by atoms with van der Waals surface area (Å²) in [5.41, 5.74) is 2.74. The van der Waals surface area contributed by atoms with Crippen molar-refractivity contribution in [3.8, 4) is 11.5 Å². The molecule has 0 saturated carbocycles. The van der Waals surface area contributed by atoms with Gasteiger partial charge in [0.2, 0.25) is 0 Å². The summed E-state index contributed by atoms with van der Waals surface area (Å²) >= 11 is 0. The molecule has 0 saturated heterocycles. The van der Waals surface area contributed by atoms with E-state index >= 15 is 0 Å². The molecule has 8 radical (unpaired) electrons. The van der Waals surface area contributed by atoms with Crippen LogP contribution in [0.2, 0.25) is 6.04 Å². The van der Waals surface area contributed by atoms with E-state index in [-0.39, 0.29) is 13.0 Å². The summed E-state index contributed by atoms with van der Waals surface area (Å²) in [7, 11) is -2.47. The highest BCUT2D eigenvalue weighted by Gasteiger charge is 2.17. The van der Waals surface area contributed by atoms with Crippen LogP contribution in [0.25, 0.3) is 0 Å². The third-order valence-corrected chi connectivity index (χ3v) is 3.23. The van der Waals surface area contributed by atoms with Crippen LogP contribution in [-0.2, 0) is 9.53 Å². The molecule has 0 aromatic carbocycles. The number of carbonyl (C=O) groups is 1. The average molecular weight is 204 g/mol. The van der Waals surface area contributed by atoms with Crippen molar-refractivity contribution >= 4 is 14.0 Å². The first-order chi connectivity index (χ1) is 6.48. The van der Waals surface area contributed by atoms with Gasteiger partial charge in [-0.25, -0.2) is 0 Å². The summed E-state index contributed by atoms with van der Waals surface area (Å²) in [6, 6.07) is 0.549. The smallest absolute Gasteiger partial charge is 0.310 e. The number of rotatable bonds is 4. The maximum absolute atomic E-state index is 10.2. The number of carbonyl (C=O) groups excluding carboxylic acids is 1. The Balaban J connectivity index is 3.71. The maximum Gasteiger partial charge on any atom is 0.310 e. The Labute approximate surface area is 88.0 Å². The molecule has 0 aliphatic carbocycles. The zero-order valence-corrected chi connectivity index (χ0v) is 8.95. The van der Waals surface area contributed by atoms with Crippen molar-refractivity contribution in [2.75, 3.05) is 6.61 Å². The molecule has 0 amide bonds. The fourth-order valence-corrected chi connectivity index (χ4v) is 2.10. The van der Waals surface area contributed by atoms with Crippen molar-refractivity contribution in [3.63, 3.8) is 0 Å². The molecule has 0 aromatic rings. The van der Waals surface area contributed by atoms with E-state index in [0.717, 1.165) is 0 Å². The quantitative estimate of drug-likeness (QED) is 0.298. The Morgan fingerprint density at radius 1 is 1.43 bits per heavy atom. The Bertz CT molecular complexity index is 235. The molecule has 0 spiro atoms. The van der Waals surface area contributed by atoms with E-state index in [1.165, 1.54) is 0 Å². The fourth-order valence-electron chi connectivity index (χ4n) is 0.816. The number of ether oxygens (including phenoxy) is 1. The maximum atomic E-state index is 10.2. The van der Waals surface area contributed by atoms with Crippen LogP contribution >= 0.6 is 0 Å². The predicted molar refractivity (Wildman–Crippen MR) is 55.7 cm³/mol. The van der Waals surface area contributed by atoms with Crippen molar-refractivity contribution in [3.05, 3.63) is 26.9 Å². The summed E-state index contributed by atoms with van der Waals surface area (Å²) in [6.45, 7) is 21.6. The van der Waals surface area contributed by atoms with Crippen molar-refractivity contribution in [2.45, 2.75) is 18.9 Å². The average Bonchev–Trinajstić information content (AvgIpc) is 2.09. The largest absolute Gasteiger partial charge is 0.465 e. The molecule has 2 nitrogen and oxygen atoms in total. The Morgan fingerprint density at radius 3 is 2.57 bits per heavy atom. The Kier molecular flexibility index (Phi) is 6.31. The lowest BCUT2D eigenvalue weighted by atomic mass is 10.5. The molecule has 0 rings (SSSR count). The summed E-state index contributed by atoms with van der Waals surface area (Å²) in [4.78, 5) is 10.2. The number of hydrogen-bond donors (Lipinski definition) is 0. The molecule has 0 atom stereocenters. The van der Waals surface area contributed by atoms with Gasteiger partial charge >= 0.3 is 5.97 Å². The Morgan fingerprint density at radius 2 is 2.07 bits per heavy atom. The van der Waals surface area contributed by atoms with Crippen molar-refractivity contribution in [1.29, 1.82) is 0 Å². The van der Waals surface area contributed by atoms with E-state index in [1.807, 2.05) is 0 Å². The van der Waals surface area contributed by atoms with Gasteiger partial charge < -0.3 is 4.74 Å². The van der Waals surface area contributed by atoms with Crippen molar-refractivity contribution in [1.82, 2.24) is 0 Å². The lowest BCUT2D eigenvalue weighted by Crippen LogP contribution is -2.25. The minimum absolute atomic E-state index is 0.225. The van der Waals surface area contributed by atoms with Crippen LogP contribution in [-0.4, -0.2) is 20.7 Å². The predicted octanol–water partition coefficient (Wildman–Crippen LogP) is 1.22. The van der Waals surface area contributed by atoms with E-state index in [9.17, 15) is 4.79 Å². The van der Waals surface area contributed by atoms with Crippen molar-refractivity contribution in [2.24, 2.45) is 0 Å². The summed E-state index contributed by atoms with van der Waals surface area (Å²) < 4.78 is 4.52. The number of esters is 1. The van der Waals surface area contributed by atoms with Crippen molar-refractivity contribution < 1.29 is 9.53 Å². The normalized spacial score (nSPS) is 10.3. The van der Waals surface area contributed by atoms with E-state index in [2.05, 4.69) is 16.2 Å². The highest BCUT2D eigenvalue weighted by atomic mass is 28.3. The monoisotopic (exact) mass is 204 g/mol.